The van der Waals surface area contributed by atoms with Crippen molar-refractivity contribution in [3.05, 3.63) is 0 Å². The second-order valence-corrected chi connectivity index (χ2v) is 5.65. The van der Waals surface area contributed by atoms with Crippen molar-refractivity contribution >= 4 is 27.9 Å². The zero-order chi connectivity index (χ0) is 15.1. The minimum absolute atomic E-state index is 0.0320. The largest absolute Gasteiger partial charge is 0.394 e. The average Bonchev–Trinajstić information content (AvgIpc) is 2.74. The van der Waals surface area contributed by atoms with E-state index in [4.69, 9.17) is 14.6 Å². The molecule has 5 atom stereocenters. The first kappa shape index (κ1) is 15.6. The molecule has 10 heteroatoms. The van der Waals surface area contributed by atoms with Crippen molar-refractivity contribution in [2.24, 2.45) is 0 Å². The van der Waals surface area contributed by atoms with Crippen molar-refractivity contribution in [2.45, 2.75) is 35.7 Å². The number of hydrogen-bond acceptors (Lipinski definition) is 6. The smallest absolute Gasteiger partial charge is 0.328 e. The lowest BCUT2D eigenvalue weighted by atomic mass is 10.1. The minimum Gasteiger partial charge on any atom is -0.394 e. The van der Waals surface area contributed by atoms with Gasteiger partial charge < -0.3 is 19.7 Å². The number of hydrogen-bond donors (Lipinski definition) is 3. The topological polar surface area (TPSA) is 108 Å². The fourth-order valence-corrected chi connectivity index (χ4v) is 2.74. The molecule has 20 heavy (non-hydrogen) atoms. The molecule has 0 saturated carbocycles. The predicted molar refractivity (Wildman–Crippen MR) is 65.3 cm³/mol. The first-order chi connectivity index (χ1) is 9.32. The molecule has 3 amide bonds. The van der Waals surface area contributed by atoms with E-state index < -0.39 is 47.8 Å². The number of amides is 3. The van der Waals surface area contributed by atoms with E-state index in [0.29, 0.717) is 0 Å². The number of aliphatic hydroxyl groups is 2. The first-order valence-corrected chi connectivity index (χ1v) is 6.61. The summed E-state index contributed by atoms with van der Waals surface area (Å²) >= 11 is 2.58. The van der Waals surface area contributed by atoms with Crippen LogP contribution in [0, 0.1) is 0 Å². The van der Waals surface area contributed by atoms with Gasteiger partial charge in [-0.2, -0.15) is 0 Å². The van der Waals surface area contributed by atoms with Gasteiger partial charge in [-0.25, -0.2) is 9.18 Å². The van der Waals surface area contributed by atoms with Crippen LogP contribution in [-0.4, -0.2) is 70.0 Å². The van der Waals surface area contributed by atoms with Crippen LogP contribution in [0.5, 0.6) is 0 Å². The number of nitrogens with one attached hydrogen (secondary N) is 1. The van der Waals surface area contributed by atoms with Gasteiger partial charge in [-0.1, -0.05) is 0 Å². The maximum atomic E-state index is 14.3. The van der Waals surface area contributed by atoms with Crippen LogP contribution in [0.2, 0.25) is 0 Å². The predicted octanol–water partition coefficient (Wildman–Crippen LogP) is -0.960. The molecule has 2 saturated heterocycles. The maximum absolute atomic E-state index is 14.3. The van der Waals surface area contributed by atoms with E-state index in [0.717, 1.165) is 12.0 Å². The monoisotopic (exact) mass is 356 g/mol. The lowest BCUT2D eigenvalue weighted by Gasteiger charge is -2.42. The molecule has 0 bridgehead atoms. The summed E-state index contributed by atoms with van der Waals surface area (Å²) in [6.45, 7) is -0.446. The molecule has 2 aliphatic heterocycles. The third kappa shape index (κ3) is 2.42. The number of ether oxygens (including phenoxy) is 2. The average molecular weight is 357 g/mol. The Hall–Kier alpha value is -0.810. The van der Waals surface area contributed by atoms with E-state index in [1.165, 1.54) is 0 Å². The van der Waals surface area contributed by atoms with Crippen LogP contribution in [0.4, 0.5) is 9.18 Å². The molecular formula is C10H14BrFN2O6. The number of halogens is 2. The third-order valence-electron chi connectivity index (χ3n) is 3.24. The van der Waals surface area contributed by atoms with Crippen LogP contribution in [0.15, 0.2) is 0 Å². The van der Waals surface area contributed by atoms with Gasteiger partial charge in [-0.3, -0.25) is 15.0 Å². The number of methoxy groups -OCH3 is 1. The molecule has 0 spiro atoms. The highest BCUT2D eigenvalue weighted by atomic mass is 79.9. The second-order valence-electron chi connectivity index (χ2n) is 4.49. The number of imide groups is 1. The molecule has 2 heterocycles. The zero-order valence-electron chi connectivity index (χ0n) is 10.5. The highest BCUT2D eigenvalue weighted by molar-refractivity contribution is 9.10. The molecule has 0 aromatic carbocycles. The van der Waals surface area contributed by atoms with Gasteiger partial charge in [0.05, 0.1) is 12.7 Å². The Morgan fingerprint density at radius 3 is 2.80 bits per heavy atom. The summed E-state index contributed by atoms with van der Waals surface area (Å²) in [6, 6.07) is -0.898. The Kier molecular flexibility index (Phi) is 4.30. The fraction of sp³-hybridized carbons (Fsp3) is 0.800. The molecule has 2 rings (SSSR count). The molecule has 8 nitrogen and oxygen atoms in total. The molecule has 0 radical (unpaired) electrons. The van der Waals surface area contributed by atoms with Crippen molar-refractivity contribution < 1.29 is 33.7 Å². The molecule has 0 aliphatic carbocycles. The van der Waals surface area contributed by atoms with Gasteiger partial charge >= 0.3 is 6.03 Å². The van der Waals surface area contributed by atoms with Gasteiger partial charge in [0.25, 0.3) is 10.5 Å². The lowest BCUT2D eigenvalue weighted by Crippen LogP contribution is -2.68. The third-order valence-corrected chi connectivity index (χ3v) is 3.99. The van der Waals surface area contributed by atoms with E-state index in [1.54, 1.807) is 0 Å². The van der Waals surface area contributed by atoms with Crippen LogP contribution in [0.3, 0.4) is 0 Å². The summed E-state index contributed by atoms with van der Waals surface area (Å²) in [6.07, 6.45) is -4.49. The van der Waals surface area contributed by atoms with Gasteiger partial charge in [-0.15, -0.1) is 0 Å². The molecule has 3 N–H and O–H groups in total. The van der Waals surface area contributed by atoms with E-state index in [-0.39, 0.29) is 6.42 Å². The zero-order valence-corrected chi connectivity index (χ0v) is 12.0. The van der Waals surface area contributed by atoms with E-state index in [9.17, 15) is 19.1 Å². The van der Waals surface area contributed by atoms with Crippen LogP contribution in [-0.2, 0) is 14.3 Å². The second kappa shape index (κ2) is 5.53. The van der Waals surface area contributed by atoms with Gasteiger partial charge in [0.2, 0.25) is 0 Å². The Bertz CT molecular complexity index is 423. The molecule has 2 unspecified atom stereocenters. The van der Waals surface area contributed by atoms with Crippen molar-refractivity contribution in [3.8, 4) is 0 Å². The summed E-state index contributed by atoms with van der Waals surface area (Å²) < 4.78 is 21.8. The number of carbonyl (C=O) groups is 2. The maximum Gasteiger partial charge on any atom is 0.328 e. The van der Waals surface area contributed by atoms with Crippen LogP contribution < -0.4 is 5.32 Å². The molecule has 114 valence electrons. The van der Waals surface area contributed by atoms with Gasteiger partial charge in [-0.05, 0) is 15.9 Å². The summed E-state index contributed by atoms with van der Waals surface area (Å²) in [5.41, 5.74) is 0. The number of urea groups is 1. The number of rotatable bonds is 3. The molecular weight excluding hydrogens is 343 g/mol. The van der Waals surface area contributed by atoms with Crippen LogP contribution in [0.1, 0.15) is 6.42 Å². The Morgan fingerprint density at radius 2 is 2.30 bits per heavy atom. The van der Waals surface area contributed by atoms with Crippen LogP contribution >= 0.6 is 15.9 Å². The van der Waals surface area contributed by atoms with Crippen molar-refractivity contribution in [2.75, 3.05) is 13.7 Å². The van der Waals surface area contributed by atoms with Gasteiger partial charge in [0, 0.05) is 13.5 Å². The van der Waals surface area contributed by atoms with Crippen molar-refractivity contribution in [1.29, 1.82) is 0 Å². The standard InChI is InChI=1S/C10H14BrFN2O6/c1-19-8-10(11,12)7(17)13-9(18)14(8)6-2-4(16)5(3-15)20-6/h4-6,8,15-16H,2-3H2,1H3,(H,13,17,18)/t4-,5-,6-,8?,10?/m1/s1. The Morgan fingerprint density at radius 1 is 1.65 bits per heavy atom. The fourth-order valence-electron chi connectivity index (χ4n) is 2.23. The summed E-state index contributed by atoms with van der Waals surface area (Å²) in [5.74, 6) is -1.18. The van der Waals surface area contributed by atoms with Crippen molar-refractivity contribution in [1.82, 2.24) is 10.2 Å². The van der Waals surface area contributed by atoms with Crippen molar-refractivity contribution in [3.63, 3.8) is 0 Å². The van der Waals surface area contributed by atoms with Gasteiger partial charge in [0.1, 0.15) is 12.3 Å². The summed E-state index contributed by atoms with van der Waals surface area (Å²) in [5, 5.41) is 20.5. The van der Waals surface area contributed by atoms with E-state index in [1.807, 2.05) is 5.32 Å². The lowest BCUT2D eigenvalue weighted by molar-refractivity contribution is -0.169. The quantitative estimate of drug-likeness (QED) is 0.562. The van der Waals surface area contributed by atoms with Gasteiger partial charge in [0.15, 0.2) is 6.23 Å². The normalized spacial score (nSPS) is 42.0. The first-order valence-electron chi connectivity index (χ1n) is 5.81. The van der Waals surface area contributed by atoms with E-state index in [2.05, 4.69) is 15.9 Å². The Balaban J connectivity index is 2.25. The summed E-state index contributed by atoms with van der Waals surface area (Å²) in [7, 11) is 1.13. The number of alkyl halides is 2. The number of carbonyl (C=O) groups excluding carboxylic acids is 2. The summed E-state index contributed by atoms with van der Waals surface area (Å²) in [4.78, 5) is 24.1. The highest BCUT2D eigenvalue weighted by Crippen LogP contribution is 2.36. The molecule has 2 fully saturated rings. The molecule has 0 aromatic rings. The highest BCUT2D eigenvalue weighted by Gasteiger charge is 2.57. The Labute approximate surface area is 121 Å². The molecule has 0 aromatic heterocycles. The van der Waals surface area contributed by atoms with E-state index >= 15 is 0 Å². The number of aliphatic hydroxyl groups excluding tert-OH is 2. The number of nitrogens with zero attached hydrogens (tertiary/aromatic N) is 1. The molecule has 2 aliphatic rings. The minimum atomic E-state index is -2.64. The SMILES string of the molecule is COC1N([C@H]2C[C@@H](O)[C@@H](CO)O2)C(=O)NC(=O)C1(F)Br. The van der Waals surface area contributed by atoms with Crippen LogP contribution in [0.25, 0.3) is 0 Å².